The average molecular weight is 313 g/mol. The van der Waals surface area contributed by atoms with Crippen molar-refractivity contribution >= 4 is 5.91 Å². The lowest BCUT2D eigenvalue weighted by atomic mass is 10.1. The van der Waals surface area contributed by atoms with Gasteiger partial charge in [0, 0.05) is 18.7 Å². The number of carbonyl (C=O) groups is 1. The number of hydrogen-bond acceptors (Lipinski definition) is 3. The summed E-state index contributed by atoms with van der Waals surface area (Å²) in [6, 6.07) is 7.52. The summed E-state index contributed by atoms with van der Waals surface area (Å²) in [6.45, 7) is 0.239. The number of halogens is 3. The number of alkyl halides is 3. The second-order valence-electron chi connectivity index (χ2n) is 4.58. The van der Waals surface area contributed by atoms with E-state index in [1.54, 1.807) is 0 Å². The zero-order chi connectivity index (χ0) is 16.2. The maximum atomic E-state index is 12.7. The predicted molar refractivity (Wildman–Crippen MR) is 73.2 cm³/mol. The number of furan rings is 1. The number of benzene rings is 1. The van der Waals surface area contributed by atoms with E-state index in [2.05, 4.69) is 5.32 Å². The number of nitrogens with one attached hydrogen (secondary N) is 1. The van der Waals surface area contributed by atoms with Gasteiger partial charge in [0.05, 0.1) is 5.56 Å². The molecule has 22 heavy (non-hydrogen) atoms. The van der Waals surface area contributed by atoms with E-state index >= 15 is 0 Å². The summed E-state index contributed by atoms with van der Waals surface area (Å²) in [5.74, 6) is -0.296. The molecule has 0 fully saturated rings. The van der Waals surface area contributed by atoms with Crippen molar-refractivity contribution in [3.8, 4) is 11.3 Å². The largest absolute Gasteiger partial charge is 0.451 e. The van der Waals surface area contributed by atoms with Crippen LogP contribution in [0.2, 0.25) is 0 Å². The van der Waals surface area contributed by atoms with Gasteiger partial charge >= 0.3 is 6.18 Å². The first kappa shape index (κ1) is 16.1. The molecule has 1 aromatic carbocycles. The molecular formula is C15H14F3NO3. The molecule has 0 radical (unpaired) electrons. The molecule has 1 heterocycles. The standard InChI is InChI=1S/C15H14F3NO3/c16-15(17,18)11-4-1-3-10(9-11)12-5-6-13(22-12)14(21)19-7-2-8-20/h1,3-6,9,20H,2,7-8H2,(H,19,21). The fraction of sp³-hybridized carbons (Fsp3) is 0.267. The molecule has 0 aliphatic rings. The molecule has 0 spiro atoms. The van der Waals surface area contributed by atoms with E-state index in [1.165, 1.54) is 24.3 Å². The van der Waals surface area contributed by atoms with Crippen LogP contribution < -0.4 is 5.32 Å². The van der Waals surface area contributed by atoms with Gasteiger partial charge in [0.2, 0.25) is 0 Å². The number of rotatable bonds is 5. The summed E-state index contributed by atoms with van der Waals surface area (Å²) >= 11 is 0. The third-order valence-electron chi connectivity index (χ3n) is 2.92. The lowest BCUT2D eigenvalue weighted by molar-refractivity contribution is -0.137. The summed E-state index contributed by atoms with van der Waals surface area (Å²) in [5, 5.41) is 11.2. The number of amides is 1. The molecule has 0 aliphatic heterocycles. The van der Waals surface area contributed by atoms with Gasteiger partial charge in [-0.15, -0.1) is 0 Å². The first-order valence-electron chi connectivity index (χ1n) is 6.58. The van der Waals surface area contributed by atoms with Crippen molar-refractivity contribution in [3.05, 3.63) is 47.7 Å². The first-order chi connectivity index (χ1) is 10.4. The Kier molecular flexibility index (Phi) is 4.87. The molecular weight excluding hydrogens is 299 g/mol. The van der Waals surface area contributed by atoms with Gasteiger partial charge in [-0.3, -0.25) is 4.79 Å². The molecule has 7 heteroatoms. The van der Waals surface area contributed by atoms with Crippen LogP contribution >= 0.6 is 0 Å². The zero-order valence-corrected chi connectivity index (χ0v) is 11.5. The quantitative estimate of drug-likeness (QED) is 0.834. The van der Waals surface area contributed by atoms with E-state index in [0.717, 1.165) is 12.1 Å². The highest BCUT2D eigenvalue weighted by molar-refractivity contribution is 5.92. The fourth-order valence-corrected chi connectivity index (χ4v) is 1.83. The summed E-state index contributed by atoms with van der Waals surface area (Å²) < 4.78 is 43.3. The highest BCUT2D eigenvalue weighted by Gasteiger charge is 2.30. The van der Waals surface area contributed by atoms with Crippen molar-refractivity contribution < 1.29 is 27.5 Å². The Labute approximate surface area is 124 Å². The molecule has 0 bridgehead atoms. The number of hydrogen-bond donors (Lipinski definition) is 2. The molecule has 118 valence electrons. The van der Waals surface area contributed by atoms with Crippen molar-refractivity contribution in [2.45, 2.75) is 12.6 Å². The minimum atomic E-state index is -4.44. The van der Waals surface area contributed by atoms with Crippen LogP contribution in [0.1, 0.15) is 22.5 Å². The van der Waals surface area contributed by atoms with Crippen LogP contribution in [-0.2, 0) is 6.18 Å². The van der Waals surface area contributed by atoms with E-state index in [0.29, 0.717) is 6.42 Å². The van der Waals surface area contributed by atoms with Crippen molar-refractivity contribution in [2.75, 3.05) is 13.2 Å². The molecule has 4 nitrogen and oxygen atoms in total. The van der Waals surface area contributed by atoms with E-state index in [-0.39, 0.29) is 30.2 Å². The highest BCUT2D eigenvalue weighted by atomic mass is 19.4. The second-order valence-corrected chi connectivity index (χ2v) is 4.58. The third kappa shape index (κ3) is 3.88. The number of carbonyl (C=O) groups excluding carboxylic acids is 1. The molecule has 0 unspecified atom stereocenters. The molecule has 0 saturated carbocycles. The van der Waals surface area contributed by atoms with Gasteiger partial charge < -0.3 is 14.8 Å². The maximum absolute atomic E-state index is 12.7. The van der Waals surface area contributed by atoms with Gasteiger partial charge in [-0.05, 0) is 30.7 Å². The number of aliphatic hydroxyl groups is 1. The molecule has 0 aliphatic carbocycles. The summed E-state index contributed by atoms with van der Waals surface area (Å²) in [6.07, 6.45) is -4.03. The van der Waals surface area contributed by atoms with E-state index in [9.17, 15) is 18.0 Å². The van der Waals surface area contributed by atoms with E-state index in [4.69, 9.17) is 9.52 Å². The second kappa shape index (κ2) is 6.65. The Morgan fingerprint density at radius 1 is 1.23 bits per heavy atom. The van der Waals surface area contributed by atoms with E-state index in [1.807, 2.05) is 0 Å². The van der Waals surface area contributed by atoms with Crippen LogP contribution in [0.5, 0.6) is 0 Å². The highest BCUT2D eigenvalue weighted by Crippen LogP contribution is 2.32. The first-order valence-corrected chi connectivity index (χ1v) is 6.58. The Morgan fingerprint density at radius 3 is 2.68 bits per heavy atom. The summed E-state index contributed by atoms with van der Waals surface area (Å²) in [5.41, 5.74) is -0.542. The Bertz CT molecular complexity index is 649. The summed E-state index contributed by atoms with van der Waals surface area (Å²) in [7, 11) is 0. The maximum Gasteiger partial charge on any atom is 0.416 e. The van der Waals surface area contributed by atoms with Gasteiger partial charge in [-0.2, -0.15) is 13.2 Å². The average Bonchev–Trinajstić information content (AvgIpc) is 2.96. The number of aliphatic hydroxyl groups excluding tert-OH is 1. The molecule has 2 N–H and O–H groups in total. The van der Waals surface area contributed by atoms with Crippen LogP contribution in [0.25, 0.3) is 11.3 Å². The van der Waals surface area contributed by atoms with Crippen LogP contribution in [0, 0.1) is 0 Å². The minimum absolute atomic E-state index is 0.00496. The van der Waals surface area contributed by atoms with E-state index < -0.39 is 17.6 Å². The lowest BCUT2D eigenvalue weighted by Crippen LogP contribution is -2.24. The Balaban J connectivity index is 2.16. The molecule has 2 rings (SSSR count). The topological polar surface area (TPSA) is 62.5 Å². The molecule has 0 saturated heterocycles. The van der Waals surface area contributed by atoms with Gasteiger partial charge in [-0.1, -0.05) is 12.1 Å². The molecule has 1 aromatic heterocycles. The van der Waals surface area contributed by atoms with Gasteiger partial charge in [0.1, 0.15) is 5.76 Å². The van der Waals surface area contributed by atoms with Gasteiger partial charge in [0.15, 0.2) is 5.76 Å². The third-order valence-corrected chi connectivity index (χ3v) is 2.92. The molecule has 1 amide bonds. The van der Waals surface area contributed by atoms with Crippen LogP contribution in [0.4, 0.5) is 13.2 Å². The fourth-order valence-electron chi connectivity index (χ4n) is 1.83. The van der Waals surface area contributed by atoms with Crippen molar-refractivity contribution in [1.29, 1.82) is 0 Å². The predicted octanol–water partition coefficient (Wildman–Crippen LogP) is 3.08. The van der Waals surface area contributed by atoms with Crippen LogP contribution in [-0.4, -0.2) is 24.2 Å². The smallest absolute Gasteiger partial charge is 0.416 e. The normalized spacial score (nSPS) is 11.5. The van der Waals surface area contributed by atoms with Gasteiger partial charge in [-0.25, -0.2) is 0 Å². The van der Waals surface area contributed by atoms with Gasteiger partial charge in [0.25, 0.3) is 5.91 Å². The molecule has 2 aromatic rings. The SMILES string of the molecule is O=C(NCCCO)c1ccc(-c2cccc(C(F)(F)F)c2)o1. The lowest BCUT2D eigenvalue weighted by Gasteiger charge is -2.07. The summed E-state index contributed by atoms with van der Waals surface area (Å²) in [4.78, 5) is 11.7. The van der Waals surface area contributed by atoms with Crippen LogP contribution in [0.3, 0.4) is 0 Å². The van der Waals surface area contributed by atoms with Crippen molar-refractivity contribution in [1.82, 2.24) is 5.32 Å². The zero-order valence-electron chi connectivity index (χ0n) is 11.5. The monoisotopic (exact) mass is 313 g/mol. The minimum Gasteiger partial charge on any atom is -0.451 e. The van der Waals surface area contributed by atoms with Crippen molar-refractivity contribution in [3.63, 3.8) is 0 Å². The molecule has 0 atom stereocenters. The Morgan fingerprint density at radius 2 is 2.00 bits per heavy atom. The van der Waals surface area contributed by atoms with Crippen LogP contribution in [0.15, 0.2) is 40.8 Å². The van der Waals surface area contributed by atoms with Crippen molar-refractivity contribution in [2.24, 2.45) is 0 Å². The Hall–Kier alpha value is -2.28.